The van der Waals surface area contributed by atoms with Gasteiger partial charge in [-0.2, -0.15) is 8.42 Å². The fourth-order valence-electron chi connectivity index (χ4n) is 1.35. The zero-order valence-corrected chi connectivity index (χ0v) is 11.5. The molecule has 1 atom stereocenters. The molecule has 0 amide bonds. The molecule has 0 aromatic rings. The van der Waals surface area contributed by atoms with Crippen LogP contribution in [0.15, 0.2) is 12.2 Å². The Balaban J connectivity index is 4.31. The van der Waals surface area contributed by atoms with Crippen molar-refractivity contribution in [3.63, 3.8) is 0 Å². The van der Waals surface area contributed by atoms with Crippen LogP contribution in [0.1, 0.15) is 33.1 Å². The SMILES string of the molecule is C=C(C)C(=O)OCCCC(C)(CCO)S(=O)(=O)O. The van der Waals surface area contributed by atoms with E-state index < -0.39 is 20.8 Å². The Labute approximate surface area is 107 Å². The van der Waals surface area contributed by atoms with E-state index in [1.165, 1.54) is 13.8 Å². The van der Waals surface area contributed by atoms with Crippen LogP contribution in [0.5, 0.6) is 0 Å². The fraction of sp³-hybridized carbons (Fsp3) is 0.727. The summed E-state index contributed by atoms with van der Waals surface area (Å²) in [4.78, 5) is 11.1. The minimum Gasteiger partial charge on any atom is -0.462 e. The van der Waals surface area contributed by atoms with E-state index in [0.29, 0.717) is 0 Å². The summed E-state index contributed by atoms with van der Waals surface area (Å²) < 4.78 is 34.9. The van der Waals surface area contributed by atoms with Gasteiger partial charge in [0.2, 0.25) is 0 Å². The first-order chi connectivity index (χ1) is 8.14. The van der Waals surface area contributed by atoms with Crippen molar-refractivity contribution in [2.45, 2.75) is 37.9 Å². The molecule has 0 aliphatic heterocycles. The van der Waals surface area contributed by atoms with E-state index in [1.54, 1.807) is 0 Å². The van der Waals surface area contributed by atoms with Gasteiger partial charge in [0.25, 0.3) is 10.1 Å². The lowest BCUT2D eigenvalue weighted by molar-refractivity contribution is -0.139. The number of carbonyl (C=O) groups excluding carboxylic acids is 1. The third-order valence-corrected chi connectivity index (χ3v) is 4.35. The number of ether oxygens (including phenoxy) is 1. The van der Waals surface area contributed by atoms with Gasteiger partial charge in [-0.25, -0.2) is 4.79 Å². The van der Waals surface area contributed by atoms with Crippen LogP contribution in [0.3, 0.4) is 0 Å². The molecule has 0 aliphatic rings. The molecule has 0 saturated carbocycles. The second-order valence-electron chi connectivity index (χ2n) is 4.42. The van der Waals surface area contributed by atoms with Crippen LogP contribution in [0.2, 0.25) is 0 Å². The lowest BCUT2D eigenvalue weighted by atomic mass is 10.0. The van der Waals surface area contributed by atoms with Crippen LogP contribution in [0, 0.1) is 0 Å². The monoisotopic (exact) mass is 280 g/mol. The van der Waals surface area contributed by atoms with Crippen LogP contribution in [-0.2, 0) is 19.6 Å². The van der Waals surface area contributed by atoms with E-state index in [9.17, 15) is 13.2 Å². The smallest absolute Gasteiger partial charge is 0.333 e. The molecule has 106 valence electrons. The van der Waals surface area contributed by atoms with E-state index in [1.807, 2.05) is 0 Å². The average Bonchev–Trinajstić information content (AvgIpc) is 2.22. The molecule has 0 heterocycles. The van der Waals surface area contributed by atoms with Gasteiger partial charge in [-0.05, 0) is 33.1 Å². The molecule has 7 heteroatoms. The van der Waals surface area contributed by atoms with Gasteiger partial charge in [-0.15, -0.1) is 0 Å². The summed E-state index contributed by atoms with van der Waals surface area (Å²) in [6, 6.07) is 0. The maximum atomic E-state index is 11.2. The molecule has 0 aromatic carbocycles. The quantitative estimate of drug-likeness (QED) is 0.297. The topological polar surface area (TPSA) is 101 Å². The van der Waals surface area contributed by atoms with E-state index in [4.69, 9.17) is 14.4 Å². The highest BCUT2D eigenvalue weighted by Crippen LogP contribution is 2.26. The summed E-state index contributed by atoms with van der Waals surface area (Å²) in [7, 11) is -4.26. The summed E-state index contributed by atoms with van der Waals surface area (Å²) >= 11 is 0. The standard InChI is InChI=1S/C11H20O6S/c1-9(2)10(13)17-8-4-5-11(3,6-7-12)18(14,15)16/h12H,1,4-8H2,2-3H3,(H,14,15,16). The largest absolute Gasteiger partial charge is 0.462 e. The molecular formula is C11H20O6S. The van der Waals surface area contributed by atoms with Crippen molar-refractivity contribution in [1.82, 2.24) is 0 Å². The molecular weight excluding hydrogens is 260 g/mol. The van der Waals surface area contributed by atoms with E-state index in [-0.39, 0.29) is 38.0 Å². The van der Waals surface area contributed by atoms with Crippen molar-refractivity contribution in [1.29, 1.82) is 0 Å². The van der Waals surface area contributed by atoms with Gasteiger partial charge < -0.3 is 9.84 Å². The molecule has 18 heavy (non-hydrogen) atoms. The van der Waals surface area contributed by atoms with Gasteiger partial charge in [-0.1, -0.05) is 6.58 Å². The zero-order valence-electron chi connectivity index (χ0n) is 10.7. The van der Waals surface area contributed by atoms with E-state index in [0.717, 1.165) is 0 Å². The highest BCUT2D eigenvalue weighted by atomic mass is 32.2. The van der Waals surface area contributed by atoms with Crippen LogP contribution < -0.4 is 0 Å². The Hall–Kier alpha value is -0.920. The van der Waals surface area contributed by atoms with Crippen LogP contribution in [-0.4, -0.2) is 42.0 Å². The molecule has 2 N–H and O–H groups in total. The van der Waals surface area contributed by atoms with Crippen molar-refractivity contribution < 1.29 is 27.6 Å². The van der Waals surface area contributed by atoms with Gasteiger partial charge in [-0.3, -0.25) is 4.55 Å². The predicted molar refractivity (Wildman–Crippen MR) is 66.7 cm³/mol. The van der Waals surface area contributed by atoms with Gasteiger partial charge in [0.1, 0.15) is 0 Å². The zero-order chi connectivity index (χ0) is 14.4. The second kappa shape index (κ2) is 6.86. The summed E-state index contributed by atoms with van der Waals surface area (Å²) in [5.41, 5.74) is 0.267. The minimum absolute atomic E-state index is 0.0439. The third-order valence-electron chi connectivity index (χ3n) is 2.69. The Morgan fingerprint density at radius 1 is 1.39 bits per heavy atom. The summed E-state index contributed by atoms with van der Waals surface area (Å²) in [5.74, 6) is -0.536. The number of carbonyl (C=O) groups is 1. The van der Waals surface area contributed by atoms with Crippen LogP contribution in [0.25, 0.3) is 0 Å². The Kier molecular flexibility index (Phi) is 6.51. The fourth-order valence-corrected chi connectivity index (χ4v) is 2.11. The van der Waals surface area contributed by atoms with Crippen molar-refractivity contribution in [3.05, 3.63) is 12.2 Å². The number of hydrogen-bond donors (Lipinski definition) is 2. The molecule has 0 bridgehead atoms. The highest BCUT2D eigenvalue weighted by Gasteiger charge is 2.36. The van der Waals surface area contributed by atoms with Crippen molar-refractivity contribution in [2.24, 2.45) is 0 Å². The van der Waals surface area contributed by atoms with Crippen molar-refractivity contribution in [3.8, 4) is 0 Å². The summed E-state index contributed by atoms with van der Waals surface area (Å²) in [5, 5.41) is 8.81. The molecule has 0 spiro atoms. The van der Waals surface area contributed by atoms with Gasteiger partial charge in [0.15, 0.2) is 0 Å². The number of hydrogen-bond acceptors (Lipinski definition) is 5. The molecule has 0 saturated heterocycles. The summed E-state index contributed by atoms with van der Waals surface area (Å²) in [6.45, 7) is 5.96. The lowest BCUT2D eigenvalue weighted by Crippen LogP contribution is -2.36. The number of rotatable bonds is 8. The Morgan fingerprint density at radius 3 is 2.33 bits per heavy atom. The van der Waals surface area contributed by atoms with Crippen molar-refractivity contribution >= 4 is 16.1 Å². The maximum Gasteiger partial charge on any atom is 0.333 e. The average molecular weight is 280 g/mol. The molecule has 6 nitrogen and oxygen atoms in total. The lowest BCUT2D eigenvalue weighted by Gasteiger charge is -2.25. The Morgan fingerprint density at radius 2 is 1.94 bits per heavy atom. The first kappa shape index (κ1) is 17.1. The van der Waals surface area contributed by atoms with Crippen LogP contribution in [0.4, 0.5) is 0 Å². The molecule has 0 radical (unpaired) electrons. The van der Waals surface area contributed by atoms with E-state index >= 15 is 0 Å². The van der Waals surface area contributed by atoms with E-state index in [2.05, 4.69) is 6.58 Å². The minimum atomic E-state index is -4.26. The number of aliphatic hydroxyl groups is 1. The first-order valence-corrected chi connectivity index (χ1v) is 6.98. The first-order valence-electron chi connectivity index (χ1n) is 5.54. The Bertz CT molecular complexity index is 400. The highest BCUT2D eigenvalue weighted by molar-refractivity contribution is 7.87. The molecule has 0 aromatic heterocycles. The number of esters is 1. The van der Waals surface area contributed by atoms with Crippen LogP contribution >= 0.6 is 0 Å². The molecule has 1 unspecified atom stereocenters. The van der Waals surface area contributed by atoms with Crippen molar-refractivity contribution in [2.75, 3.05) is 13.2 Å². The van der Waals surface area contributed by atoms with Gasteiger partial charge in [0, 0.05) is 12.2 Å². The van der Waals surface area contributed by atoms with Gasteiger partial charge >= 0.3 is 5.97 Å². The predicted octanol–water partition coefficient (Wildman–Crippen LogP) is 0.915. The maximum absolute atomic E-state index is 11.2. The molecule has 0 fully saturated rings. The second-order valence-corrected chi connectivity index (χ2v) is 6.35. The third kappa shape index (κ3) is 5.16. The molecule has 0 aliphatic carbocycles. The summed E-state index contributed by atoms with van der Waals surface area (Å²) in [6.07, 6.45) is 0.297. The normalized spacial score (nSPS) is 14.9. The number of aliphatic hydroxyl groups excluding tert-OH is 1. The molecule has 0 rings (SSSR count). The van der Waals surface area contributed by atoms with Gasteiger partial charge in [0.05, 0.1) is 11.4 Å².